The average Bonchev–Trinajstić information content (AvgIpc) is 3.12. The Balaban J connectivity index is 0.000000633. The Labute approximate surface area is 180 Å². The van der Waals surface area contributed by atoms with Crippen LogP contribution in [-0.2, 0) is 24.0 Å². The van der Waals surface area contributed by atoms with E-state index in [0.29, 0.717) is 6.42 Å². The van der Waals surface area contributed by atoms with Crippen LogP contribution in [0.3, 0.4) is 0 Å². The molecule has 2 aliphatic rings. The minimum atomic E-state index is -5.08. The topological polar surface area (TPSA) is 173 Å². The first-order valence-electron chi connectivity index (χ1n) is 9.91. The summed E-state index contributed by atoms with van der Waals surface area (Å²) in [5.41, 5.74) is 0. The first-order chi connectivity index (χ1) is 14.8. The largest absolute Gasteiger partial charge is 0.490 e. The normalized spacial score (nSPS) is 22.2. The predicted octanol–water partition coefficient (Wildman–Crippen LogP) is 0.187. The lowest BCUT2D eigenvalue weighted by Crippen LogP contribution is -2.53. The Bertz CT molecular complexity index is 716. The van der Waals surface area contributed by atoms with Gasteiger partial charge in [-0.2, -0.15) is 13.2 Å². The van der Waals surface area contributed by atoms with Crippen molar-refractivity contribution in [3.05, 3.63) is 0 Å². The van der Waals surface area contributed by atoms with Crippen molar-refractivity contribution in [2.75, 3.05) is 13.1 Å². The molecule has 11 nitrogen and oxygen atoms in total. The van der Waals surface area contributed by atoms with Crippen molar-refractivity contribution >= 4 is 29.7 Å². The summed E-state index contributed by atoms with van der Waals surface area (Å²) in [6.07, 6.45) is -1.64. The van der Waals surface area contributed by atoms with Crippen LogP contribution in [0.15, 0.2) is 0 Å². The van der Waals surface area contributed by atoms with Gasteiger partial charge in [0, 0.05) is 12.5 Å². The Morgan fingerprint density at radius 1 is 1.09 bits per heavy atom. The molecule has 0 aromatic carbocycles. The predicted molar refractivity (Wildman–Crippen MR) is 101 cm³/mol. The average molecular weight is 469 g/mol. The van der Waals surface area contributed by atoms with Gasteiger partial charge in [0.05, 0.1) is 6.54 Å². The molecule has 0 saturated carbocycles. The molecule has 3 atom stereocenters. The van der Waals surface area contributed by atoms with E-state index in [2.05, 4.69) is 10.6 Å². The number of aliphatic carboxylic acids is 3. The number of nitrogens with one attached hydrogen (secondary N) is 2. The van der Waals surface area contributed by atoms with Gasteiger partial charge in [0.15, 0.2) is 0 Å². The first kappa shape index (κ1) is 27.1. The fraction of sp³-hybridized carbons (Fsp3) is 0.722. The van der Waals surface area contributed by atoms with Crippen molar-refractivity contribution in [3.63, 3.8) is 0 Å². The van der Waals surface area contributed by atoms with Crippen LogP contribution in [0, 0.1) is 0 Å². The minimum Gasteiger partial charge on any atom is -0.481 e. The van der Waals surface area contributed by atoms with E-state index in [1.165, 1.54) is 0 Å². The highest BCUT2D eigenvalue weighted by Crippen LogP contribution is 2.28. The highest BCUT2D eigenvalue weighted by atomic mass is 19.4. The monoisotopic (exact) mass is 469 g/mol. The highest BCUT2D eigenvalue weighted by Gasteiger charge is 2.41. The van der Waals surface area contributed by atoms with Gasteiger partial charge >= 0.3 is 24.1 Å². The third-order valence-electron chi connectivity index (χ3n) is 5.01. The maximum absolute atomic E-state index is 12.6. The molecule has 0 bridgehead atoms. The van der Waals surface area contributed by atoms with E-state index in [1.54, 1.807) is 4.90 Å². The number of nitrogens with zero attached hydrogens (tertiary/aromatic N) is 1. The van der Waals surface area contributed by atoms with E-state index < -0.39 is 42.1 Å². The van der Waals surface area contributed by atoms with E-state index in [4.69, 9.17) is 15.0 Å². The number of amides is 2. The summed E-state index contributed by atoms with van der Waals surface area (Å²) in [4.78, 5) is 57.4. The SMILES string of the molecule is O=C(O)C(F)(F)F.O=C(O)CC[C@H](NC(=O)[C@@H]1CC[C@@H]2CCCCNCC(=O)N21)C(=O)O. The van der Waals surface area contributed by atoms with Gasteiger partial charge in [-0.15, -0.1) is 0 Å². The molecule has 2 saturated heterocycles. The minimum absolute atomic E-state index is 0.00504. The van der Waals surface area contributed by atoms with Gasteiger partial charge < -0.3 is 30.9 Å². The molecule has 2 amide bonds. The molecule has 2 aliphatic heterocycles. The van der Waals surface area contributed by atoms with Crippen molar-refractivity contribution in [3.8, 4) is 0 Å². The lowest BCUT2D eigenvalue weighted by atomic mass is 10.1. The summed E-state index contributed by atoms with van der Waals surface area (Å²) < 4.78 is 31.7. The van der Waals surface area contributed by atoms with Crippen molar-refractivity contribution in [2.24, 2.45) is 0 Å². The Hall–Kier alpha value is -2.90. The maximum atomic E-state index is 12.6. The second-order valence-corrected chi connectivity index (χ2v) is 7.36. The van der Waals surface area contributed by atoms with Crippen molar-refractivity contribution in [1.82, 2.24) is 15.5 Å². The Morgan fingerprint density at radius 3 is 2.25 bits per heavy atom. The number of hydrogen-bond acceptors (Lipinski definition) is 6. The second kappa shape index (κ2) is 12.2. The van der Waals surface area contributed by atoms with E-state index in [0.717, 1.165) is 32.2 Å². The van der Waals surface area contributed by atoms with Gasteiger partial charge in [-0.05, 0) is 38.6 Å². The van der Waals surface area contributed by atoms with Crippen LogP contribution in [0.5, 0.6) is 0 Å². The number of halogens is 3. The first-order valence-corrected chi connectivity index (χ1v) is 9.91. The smallest absolute Gasteiger partial charge is 0.481 e. The van der Waals surface area contributed by atoms with Crippen LogP contribution < -0.4 is 10.6 Å². The number of carbonyl (C=O) groups excluding carboxylic acids is 2. The van der Waals surface area contributed by atoms with Crippen molar-refractivity contribution in [1.29, 1.82) is 0 Å². The van der Waals surface area contributed by atoms with Crippen molar-refractivity contribution < 1.29 is 52.5 Å². The summed E-state index contributed by atoms with van der Waals surface area (Å²) in [5.74, 6) is -5.83. The van der Waals surface area contributed by atoms with Gasteiger partial charge in [-0.25, -0.2) is 9.59 Å². The number of hydrogen-bond donors (Lipinski definition) is 5. The highest BCUT2D eigenvalue weighted by molar-refractivity contribution is 5.91. The molecule has 0 aromatic heterocycles. The van der Waals surface area contributed by atoms with Crippen LogP contribution in [-0.4, -0.2) is 87.3 Å². The molecular formula is C18H26F3N3O8. The van der Waals surface area contributed by atoms with E-state index >= 15 is 0 Å². The second-order valence-electron chi connectivity index (χ2n) is 7.36. The third-order valence-corrected chi connectivity index (χ3v) is 5.01. The molecule has 32 heavy (non-hydrogen) atoms. The summed E-state index contributed by atoms with van der Waals surface area (Å²) in [6.45, 7) is 0.932. The molecule has 2 heterocycles. The third kappa shape index (κ3) is 8.69. The molecular weight excluding hydrogens is 443 g/mol. The molecule has 5 N–H and O–H groups in total. The maximum Gasteiger partial charge on any atom is 0.490 e. The molecule has 2 fully saturated rings. The Kier molecular flexibility index (Phi) is 10.4. The number of carboxylic acids is 3. The quantitative estimate of drug-likeness (QED) is 0.364. The lowest BCUT2D eigenvalue weighted by Gasteiger charge is -2.30. The summed E-state index contributed by atoms with van der Waals surface area (Å²) in [7, 11) is 0. The van der Waals surface area contributed by atoms with Gasteiger partial charge in [-0.1, -0.05) is 6.42 Å². The number of fused-ring (bicyclic) bond motifs is 1. The van der Waals surface area contributed by atoms with Crippen LogP contribution in [0.4, 0.5) is 13.2 Å². The van der Waals surface area contributed by atoms with Crippen LogP contribution in [0.2, 0.25) is 0 Å². The zero-order chi connectivity index (χ0) is 24.5. The summed E-state index contributed by atoms with van der Waals surface area (Å²) in [6, 6.07) is -1.96. The van der Waals surface area contributed by atoms with E-state index in [9.17, 15) is 37.5 Å². The number of carbonyl (C=O) groups is 5. The van der Waals surface area contributed by atoms with Gasteiger partial charge in [-0.3, -0.25) is 14.4 Å². The number of rotatable bonds is 6. The fourth-order valence-electron chi connectivity index (χ4n) is 3.51. The molecule has 0 unspecified atom stereocenters. The zero-order valence-electron chi connectivity index (χ0n) is 17.1. The molecule has 0 spiro atoms. The molecule has 0 radical (unpaired) electrons. The molecule has 0 aliphatic carbocycles. The van der Waals surface area contributed by atoms with Crippen LogP contribution in [0.25, 0.3) is 0 Å². The van der Waals surface area contributed by atoms with E-state index in [1.807, 2.05) is 0 Å². The zero-order valence-corrected chi connectivity index (χ0v) is 17.1. The van der Waals surface area contributed by atoms with Crippen molar-refractivity contribution in [2.45, 2.75) is 69.2 Å². The Morgan fingerprint density at radius 2 is 1.72 bits per heavy atom. The molecule has 2 rings (SSSR count). The number of alkyl halides is 3. The molecule has 14 heteroatoms. The fourth-order valence-corrected chi connectivity index (χ4v) is 3.51. The van der Waals surface area contributed by atoms with Gasteiger partial charge in [0.25, 0.3) is 0 Å². The molecule has 182 valence electrons. The van der Waals surface area contributed by atoms with E-state index in [-0.39, 0.29) is 31.3 Å². The number of carboxylic acid groups (broad SMARTS) is 3. The summed E-state index contributed by atoms with van der Waals surface area (Å²) in [5, 5.41) is 30.5. The standard InChI is InChI=1S/C16H25N3O6.C2HF3O2/c20-13-9-17-8-2-1-3-10-4-6-12(19(10)13)15(23)18-11(16(24)25)5-7-14(21)22;3-2(4,5)1(6)7/h10-12,17H,1-9H2,(H,18,23)(H,21,22)(H,24,25);(H,6,7)/t10-,11-,12-;/m0./s1. The van der Waals surface area contributed by atoms with Crippen LogP contribution in [0.1, 0.15) is 44.9 Å². The van der Waals surface area contributed by atoms with Crippen LogP contribution >= 0.6 is 0 Å². The van der Waals surface area contributed by atoms with Gasteiger partial charge in [0.1, 0.15) is 12.1 Å². The summed E-state index contributed by atoms with van der Waals surface area (Å²) >= 11 is 0. The lowest BCUT2D eigenvalue weighted by molar-refractivity contribution is -0.192. The van der Waals surface area contributed by atoms with Gasteiger partial charge in [0.2, 0.25) is 11.8 Å². The molecule has 0 aromatic rings.